The maximum Gasteiger partial charge on any atom is 0.254 e. The molecule has 5 nitrogen and oxygen atoms in total. The Kier molecular flexibility index (Phi) is 5.52. The van der Waals surface area contributed by atoms with Gasteiger partial charge in [-0.3, -0.25) is 4.79 Å². The standard InChI is InChI=1S/C20H28N4O/c1-13(2)24-18-9-14(3)16(12-22-23-19(25)7-8-21)10-17(18)15(4)11-20(24,5)6/h9-10,12-13,15H,7,11H2,1-6H3,(H,23,25)/b22-12+. The van der Waals surface area contributed by atoms with Gasteiger partial charge in [-0.05, 0) is 75.8 Å². The van der Waals surface area contributed by atoms with Gasteiger partial charge in [0.25, 0.3) is 5.91 Å². The molecule has 0 fully saturated rings. The molecule has 1 atom stereocenters. The zero-order valence-corrected chi connectivity index (χ0v) is 16.1. The Morgan fingerprint density at radius 3 is 2.80 bits per heavy atom. The molecule has 1 aromatic rings. The molecule has 0 bridgehead atoms. The number of hydrogen-bond acceptors (Lipinski definition) is 4. The van der Waals surface area contributed by atoms with Crippen molar-refractivity contribution >= 4 is 17.8 Å². The summed E-state index contributed by atoms with van der Waals surface area (Å²) in [5, 5.41) is 12.5. The highest BCUT2D eigenvalue weighted by molar-refractivity contribution is 5.86. The van der Waals surface area contributed by atoms with Gasteiger partial charge in [-0.2, -0.15) is 10.4 Å². The van der Waals surface area contributed by atoms with Crippen molar-refractivity contribution in [3.05, 3.63) is 28.8 Å². The Morgan fingerprint density at radius 1 is 1.52 bits per heavy atom. The molecule has 2 rings (SSSR count). The molecule has 0 aromatic heterocycles. The number of carbonyl (C=O) groups excluding carboxylic acids is 1. The molecule has 1 heterocycles. The Labute approximate surface area is 150 Å². The van der Waals surface area contributed by atoms with Crippen LogP contribution in [0.3, 0.4) is 0 Å². The van der Waals surface area contributed by atoms with Crippen LogP contribution in [-0.2, 0) is 4.79 Å². The first kappa shape index (κ1) is 19.0. The Hall–Kier alpha value is -2.35. The van der Waals surface area contributed by atoms with Crippen LogP contribution in [0.1, 0.15) is 70.1 Å². The summed E-state index contributed by atoms with van der Waals surface area (Å²) in [5.74, 6) is 0.0661. The maximum atomic E-state index is 11.3. The summed E-state index contributed by atoms with van der Waals surface area (Å²) >= 11 is 0. The van der Waals surface area contributed by atoms with E-state index < -0.39 is 5.91 Å². The molecule has 134 valence electrons. The van der Waals surface area contributed by atoms with Crippen molar-refractivity contribution in [3.63, 3.8) is 0 Å². The van der Waals surface area contributed by atoms with Crippen LogP contribution in [0, 0.1) is 18.3 Å². The Bertz CT molecular complexity index is 728. The van der Waals surface area contributed by atoms with Gasteiger partial charge in [-0.15, -0.1) is 0 Å². The van der Waals surface area contributed by atoms with Crippen LogP contribution in [0.4, 0.5) is 5.69 Å². The minimum absolute atomic E-state index is 0.119. The number of nitriles is 1. The molecule has 1 aliphatic rings. The number of fused-ring (bicyclic) bond motifs is 1. The second kappa shape index (κ2) is 7.26. The number of aryl methyl sites for hydroxylation is 1. The zero-order valence-electron chi connectivity index (χ0n) is 16.1. The van der Waals surface area contributed by atoms with Crippen LogP contribution in [0.25, 0.3) is 0 Å². The third-order valence-electron chi connectivity index (χ3n) is 4.81. The van der Waals surface area contributed by atoms with E-state index in [0.29, 0.717) is 12.0 Å². The number of nitrogens with zero attached hydrogens (tertiary/aromatic N) is 3. The first-order valence-corrected chi connectivity index (χ1v) is 8.80. The highest BCUT2D eigenvalue weighted by Crippen LogP contribution is 2.45. The number of hydrazone groups is 1. The number of hydrogen-bond donors (Lipinski definition) is 1. The van der Waals surface area contributed by atoms with Crippen molar-refractivity contribution in [2.24, 2.45) is 5.10 Å². The number of anilines is 1. The van der Waals surface area contributed by atoms with E-state index >= 15 is 0 Å². The lowest BCUT2D eigenvalue weighted by molar-refractivity contribution is -0.120. The molecular formula is C20H28N4O. The van der Waals surface area contributed by atoms with Crippen LogP contribution >= 0.6 is 0 Å². The molecule has 25 heavy (non-hydrogen) atoms. The van der Waals surface area contributed by atoms with Gasteiger partial charge in [0.15, 0.2) is 0 Å². The van der Waals surface area contributed by atoms with Gasteiger partial charge in [0.1, 0.15) is 6.42 Å². The predicted molar refractivity (Wildman–Crippen MR) is 102 cm³/mol. The fraction of sp³-hybridized carbons (Fsp3) is 0.550. The lowest BCUT2D eigenvalue weighted by Gasteiger charge is -2.50. The first-order valence-electron chi connectivity index (χ1n) is 8.80. The quantitative estimate of drug-likeness (QED) is 0.668. The lowest BCUT2D eigenvalue weighted by Crippen LogP contribution is -2.51. The van der Waals surface area contributed by atoms with Gasteiger partial charge < -0.3 is 4.90 Å². The number of nitrogens with one attached hydrogen (secondary N) is 1. The van der Waals surface area contributed by atoms with Crippen molar-refractivity contribution in [2.45, 2.75) is 71.9 Å². The molecule has 5 heteroatoms. The van der Waals surface area contributed by atoms with Crippen LogP contribution < -0.4 is 10.3 Å². The van der Waals surface area contributed by atoms with Crippen LogP contribution in [0.2, 0.25) is 0 Å². The SMILES string of the molecule is Cc1cc2c(cc1/C=N/NC(=O)CC#N)C(C)CC(C)(C)N2C(C)C. The number of amides is 1. The molecule has 0 spiro atoms. The third-order valence-corrected chi connectivity index (χ3v) is 4.81. The fourth-order valence-electron chi connectivity index (χ4n) is 4.02. The number of rotatable bonds is 4. The van der Waals surface area contributed by atoms with E-state index in [0.717, 1.165) is 17.5 Å². The molecular weight excluding hydrogens is 312 g/mol. The Balaban J connectivity index is 2.37. The largest absolute Gasteiger partial charge is 0.364 e. The van der Waals surface area contributed by atoms with E-state index in [1.54, 1.807) is 12.3 Å². The summed E-state index contributed by atoms with van der Waals surface area (Å²) in [6.45, 7) is 13.4. The van der Waals surface area contributed by atoms with Crippen molar-refractivity contribution in [1.29, 1.82) is 5.26 Å². The normalized spacial score (nSPS) is 19.0. The highest BCUT2D eigenvalue weighted by atomic mass is 16.2. The lowest BCUT2D eigenvalue weighted by atomic mass is 9.78. The molecule has 1 aromatic carbocycles. The zero-order chi connectivity index (χ0) is 18.8. The van der Waals surface area contributed by atoms with E-state index in [1.807, 2.05) is 0 Å². The smallest absolute Gasteiger partial charge is 0.254 e. The molecule has 0 saturated carbocycles. The van der Waals surface area contributed by atoms with E-state index in [9.17, 15) is 4.79 Å². The van der Waals surface area contributed by atoms with Crippen molar-refractivity contribution in [2.75, 3.05) is 4.90 Å². The minimum atomic E-state index is -0.393. The molecule has 0 radical (unpaired) electrons. The van der Waals surface area contributed by atoms with E-state index in [2.05, 4.69) is 69.1 Å². The van der Waals surface area contributed by atoms with Crippen molar-refractivity contribution in [3.8, 4) is 6.07 Å². The van der Waals surface area contributed by atoms with Crippen LogP contribution in [-0.4, -0.2) is 23.7 Å². The molecule has 1 N–H and O–H groups in total. The first-order chi connectivity index (χ1) is 11.7. The molecule has 0 saturated heterocycles. The summed E-state index contributed by atoms with van der Waals surface area (Å²) in [7, 11) is 0. The maximum absolute atomic E-state index is 11.3. The number of carbonyl (C=O) groups is 1. The van der Waals surface area contributed by atoms with Gasteiger partial charge in [-0.1, -0.05) is 6.92 Å². The fourth-order valence-corrected chi connectivity index (χ4v) is 4.02. The molecule has 1 amide bonds. The molecule has 1 unspecified atom stereocenters. The summed E-state index contributed by atoms with van der Waals surface area (Å²) < 4.78 is 0. The summed E-state index contributed by atoms with van der Waals surface area (Å²) in [4.78, 5) is 13.8. The van der Waals surface area contributed by atoms with Crippen molar-refractivity contribution < 1.29 is 4.79 Å². The minimum Gasteiger partial charge on any atom is -0.364 e. The van der Waals surface area contributed by atoms with Gasteiger partial charge >= 0.3 is 0 Å². The third kappa shape index (κ3) is 4.01. The van der Waals surface area contributed by atoms with Gasteiger partial charge in [0, 0.05) is 17.3 Å². The monoisotopic (exact) mass is 340 g/mol. The second-order valence-electron chi connectivity index (χ2n) is 7.78. The van der Waals surface area contributed by atoms with E-state index in [4.69, 9.17) is 5.26 Å². The van der Waals surface area contributed by atoms with Gasteiger partial charge in [-0.25, -0.2) is 5.43 Å². The van der Waals surface area contributed by atoms with E-state index in [1.165, 1.54) is 11.3 Å². The summed E-state index contributed by atoms with van der Waals surface area (Å²) in [5.41, 5.74) is 7.23. The second-order valence-corrected chi connectivity index (χ2v) is 7.78. The summed E-state index contributed by atoms with van der Waals surface area (Å²) in [6, 6.07) is 6.64. The van der Waals surface area contributed by atoms with Crippen LogP contribution in [0.15, 0.2) is 17.2 Å². The molecule has 1 aliphatic heterocycles. The average molecular weight is 340 g/mol. The summed E-state index contributed by atoms with van der Waals surface area (Å²) in [6.07, 6.45) is 2.57. The predicted octanol–water partition coefficient (Wildman–Crippen LogP) is 3.86. The average Bonchev–Trinajstić information content (AvgIpc) is 2.47. The van der Waals surface area contributed by atoms with Gasteiger partial charge in [0.2, 0.25) is 0 Å². The van der Waals surface area contributed by atoms with Gasteiger partial charge in [0.05, 0.1) is 12.3 Å². The number of benzene rings is 1. The topological polar surface area (TPSA) is 68.5 Å². The van der Waals surface area contributed by atoms with Crippen molar-refractivity contribution in [1.82, 2.24) is 5.43 Å². The molecule has 0 aliphatic carbocycles. The highest BCUT2D eigenvalue weighted by Gasteiger charge is 2.37. The van der Waals surface area contributed by atoms with Crippen LogP contribution in [0.5, 0.6) is 0 Å². The Morgan fingerprint density at radius 2 is 2.20 bits per heavy atom. The van der Waals surface area contributed by atoms with E-state index in [-0.39, 0.29) is 12.0 Å².